The summed E-state index contributed by atoms with van der Waals surface area (Å²) in [4.78, 5) is 0. The van der Waals surface area contributed by atoms with Gasteiger partial charge in [0.25, 0.3) is 0 Å². The molecule has 0 spiro atoms. The first-order valence-corrected chi connectivity index (χ1v) is 4.15. The summed E-state index contributed by atoms with van der Waals surface area (Å²) in [7, 11) is 3.27. The topological polar surface area (TPSA) is 18.5 Å². The molecule has 2 nitrogen and oxygen atoms in total. The molecule has 0 aliphatic carbocycles. The van der Waals surface area contributed by atoms with Crippen molar-refractivity contribution in [1.29, 1.82) is 0 Å². The van der Waals surface area contributed by atoms with Crippen molar-refractivity contribution in [3.8, 4) is 0 Å². The Balaban J connectivity index is 4.04. The van der Waals surface area contributed by atoms with Crippen molar-refractivity contribution in [2.75, 3.05) is 14.2 Å². The van der Waals surface area contributed by atoms with Gasteiger partial charge in [-0.1, -0.05) is 25.2 Å². The number of allylic oxidation sites excluding steroid dienone is 3. The third-order valence-corrected chi connectivity index (χ3v) is 1.53. The van der Waals surface area contributed by atoms with Crippen LogP contribution in [-0.2, 0) is 9.47 Å². The third kappa shape index (κ3) is 4.31. The molecule has 0 heterocycles. The van der Waals surface area contributed by atoms with Gasteiger partial charge in [-0.3, -0.25) is 0 Å². The van der Waals surface area contributed by atoms with Crippen LogP contribution in [0.3, 0.4) is 0 Å². The van der Waals surface area contributed by atoms with Gasteiger partial charge in [-0.15, -0.1) is 0 Å². The average Bonchev–Trinajstić information content (AvgIpc) is 2.07. The van der Waals surface area contributed by atoms with E-state index in [0.717, 1.165) is 12.0 Å². The molecule has 0 unspecified atom stereocenters. The predicted molar refractivity (Wildman–Crippen MR) is 51.0 cm³/mol. The van der Waals surface area contributed by atoms with Crippen LogP contribution in [0.5, 0.6) is 0 Å². The van der Waals surface area contributed by atoms with Crippen LogP contribution in [0.15, 0.2) is 23.8 Å². The van der Waals surface area contributed by atoms with Crippen LogP contribution in [0, 0.1) is 0 Å². The van der Waals surface area contributed by atoms with Crippen molar-refractivity contribution < 1.29 is 9.47 Å². The first kappa shape index (κ1) is 11.4. The predicted octanol–water partition coefficient (Wildman–Crippen LogP) is 2.52. The number of rotatable bonds is 5. The molecule has 0 aromatic heterocycles. The molecule has 2 heteroatoms. The fourth-order valence-electron chi connectivity index (χ4n) is 0.902. The number of hydrogen-bond acceptors (Lipinski definition) is 2. The summed E-state index contributed by atoms with van der Waals surface area (Å²) in [6.45, 7) is 4.08. The van der Waals surface area contributed by atoms with Gasteiger partial charge in [-0.25, -0.2) is 0 Å². The largest absolute Gasteiger partial charge is 0.352 e. The van der Waals surface area contributed by atoms with E-state index in [1.54, 1.807) is 14.2 Å². The molecule has 0 atom stereocenters. The normalized spacial score (nSPS) is 13.2. The second kappa shape index (κ2) is 7.07. The highest BCUT2D eigenvalue weighted by molar-refractivity contribution is 5.12. The van der Waals surface area contributed by atoms with Gasteiger partial charge in [-0.2, -0.15) is 0 Å². The zero-order valence-corrected chi connectivity index (χ0v) is 8.33. The van der Waals surface area contributed by atoms with E-state index in [4.69, 9.17) is 9.47 Å². The molecule has 0 bridgehead atoms. The van der Waals surface area contributed by atoms with Crippen molar-refractivity contribution in [3.05, 3.63) is 23.8 Å². The van der Waals surface area contributed by atoms with Gasteiger partial charge in [0.15, 0.2) is 6.29 Å². The monoisotopic (exact) mass is 170 g/mol. The summed E-state index contributed by atoms with van der Waals surface area (Å²) in [5.74, 6) is 0. The van der Waals surface area contributed by atoms with Gasteiger partial charge < -0.3 is 9.47 Å². The van der Waals surface area contributed by atoms with Crippen LogP contribution in [0.1, 0.15) is 20.3 Å². The maximum atomic E-state index is 5.07. The summed E-state index contributed by atoms with van der Waals surface area (Å²) in [5, 5.41) is 0. The highest BCUT2D eigenvalue weighted by atomic mass is 16.7. The lowest BCUT2D eigenvalue weighted by Crippen LogP contribution is -2.13. The third-order valence-electron chi connectivity index (χ3n) is 1.53. The molecule has 0 aliphatic heterocycles. The number of ether oxygens (including phenoxy) is 2. The van der Waals surface area contributed by atoms with E-state index in [9.17, 15) is 0 Å². The molecule has 0 N–H and O–H groups in total. The Morgan fingerprint density at radius 3 is 2.33 bits per heavy atom. The maximum Gasteiger partial charge on any atom is 0.179 e. The van der Waals surface area contributed by atoms with Gasteiger partial charge >= 0.3 is 0 Å². The Morgan fingerprint density at radius 1 is 1.33 bits per heavy atom. The molecule has 0 saturated heterocycles. The Labute approximate surface area is 74.9 Å². The van der Waals surface area contributed by atoms with Crippen LogP contribution in [0.25, 0.3) is 0 Å². The molecular weight excluding hydrogens is 152 g/mol. The molecule has 0 rings (SSSR count). The molecule has 70 valence electrons. The molecule has 0 aromatic rings. The van der Waals surface area contributed by atoms with Crippen LogP contribution >= 0.6 is 0 Å². The fraction of sp³-hybridized carbons (Fsp3) is 0.600. The van der Waals surface area contributed by atoms with Crippen LogP contribution < -0.4 is 0 Å². The Hall–Kier alpha value is -0.600. The Kier molecular flexibility index (Phi) is 6.72. The first-order valence-electron chi connectivity index (χ1n) is 4.15. The molecule has 0 saturated carbocycles. The minimum Gasteiger partial charge on any atom is -0.352 e. The highest BCUT2D eigenvalue weighted by Crippen LogP contribution is 2.05. The molecule has 0 amide bonds. The van der Waals surface area contributed by atoms with Crippen LogP contribution in [-0.4, -0.2) is 20.5 Å². The summed E-state index contributed by atoms with van der Waals surface area (Å²) in [5.41, 5.74) is 1.07. The van der Waals surface area contributed by atoms with Crippen molar-refractivity contribution >= 4 is 0 Å². The van der Waals surface area contributed by atoms with E-state index >= 15 is 0 Å². The lowest BCUT2D eigenvalue weighted by atomic mass is 10.2. The second-order valence-corrected chi connectivity index (χ2v) is 2.55. The smallest absolute Gasteiger partial charge is 0.179 e. The van der Waals surface area contributed by atoms with Gasteiger partial charge in [0.2, 0.25) is 0 Å². The summed E-state index contributed by atoms with van der Waals surface area (Å²) in [6, 6.07) is 0. The lowest BCUT2D eigenvalue weighted by Gasteiger charge is -2.12. The van der Waals surface area contributed by atoms with Crippen molar-refractivity contribution in [3.63, 3.8) is 0 Å². The van der Waals surface area contributed by atoms with Gasteiger partial charge in [0.1, 0.15) is 0 Å². The fourth-order valence-corrected chi connectivity index (χ4v) is 0.902. The number of hydrogen-bond donors (Lipinski definition) is 0. The summed E-state index contributed by atoms with van der Waals surface area (Å²) in [6.07, 6.45) is 6.94. The standard InChI is InChI=1S/C10H18O2/c1-5-6-7-8-9(2)10(11-3)12-4/h6-8,10H,5H2,1-4H3/b7-6+,9-8+. The van der Waals surface area contributed by atoms with Crippen LogP contribution in [0.2, 0.25) is 0 Å². The van der Waals surface area contributed by atoms with Crippen molar-refractivity contribution in [2.24, 2.45) is 0 Å². The minimum atomic E-state index is -0.216. The van der Waals surface area contributed by atoms with Crippen molar-refractivity contribution in [1.82, 2.24) is 0 Å². The Morgan fingerprint density at radius 2 is 1.92 bits per heavy atom. The van der Waals surface area contributed by atoms with Crippen LogP contribution in [0.4, 0.5) is 0 Å². The SMILES string of the molecule is CC/C=C/C=C(\C)C(OC)OC. The lowest BCUT2D eigenvalue weighted by molar-refractivity contribution is -0.0746. The van der Waals surface area contributed by atoms with E-state index in [1.807, 2.05) is 19.1 Å². The molecule has 0 radical (unpaired) electrons. The summed E-state index contributed by atoms with van der Waals surface area (Å²) >= 11 is 0. The van der Waals surface area contributed by atoms with Gasteiger partial charge in [-0.05, 0) is 18.9 Å². The van der Waals surface area contributed by atoms with E-state index < -0.39 is 0 Å². The highest BCUT2D eigenvalue weighted by Gasteiger charge is 2.04. The van der Waals surface area contributed by atoms with Gasteiger partial charge in [0, 0.05) is 14.2 Å². The molecular formula is C10H18O2. The second-order valence-electron chi connectivity index (χ2n) is 2.55. The molecule has 12 heavy (non-hydrogen) atoms. The molecule has 0 fully saturated rings. The van der Waals surface area contributed by atoms with E-state index in [2.05, 4.69) is 13.0 Å². The maximum absolute atomic E-state index is 5.07. The quantitative estimate of drug-likeness (QED) is 0.466. The van der Waals surface area contributed by atoms with Gasteiger partial charge in [0.05, 0.1) is 0 Å². The number of methoxy groups -OCH3 is 2. The zero-order chi connectivity index (χ0) is 9.40. The summed E-state index contributed by atoms with van der Waals surface area (Å²) < 4.78 is 10.1. The van der Waals surface area contributed by atoms with E-state index in [1.165, 1.54) is 0 Å². The Bertz CT molecular complexity index is 155. The molecule has 0 aliphatic rings. The first-order chi connectivity index (χ1) is 5.76. The molecule has 0 aromatic carbocycles. The minimum absolute atomic E-state index is 0.216. The van der Waals surface area contributed by atoms with E-state index in [0.29, 0.717) is 0 Å². The zero-order valence-electron chi connectivity index (χ0n) is 8.33. The van der Waals surface area contributed by atoms with Crippen molar-refractivity contribution in [2.45, 2.75) is 26.6 Å². The van der Waals surface area contributed by atoms with E-state index in [-0.39, 0.29) is 6.29 Å². The average molecular weight is 170 g/mol.